The van der Waals surface area contributed by atoms with Crippen molar-refractivity contribution in [3.05, 3.63) is 24.2 Å². The van der Waals surface area contributed by atoms with Crippen molar-refractivity contribution in [1.29, 1.82) is 0 Å². The number of nitrogens with zero attached hydrogens (tertiary/aromatic N) is 3. The van der Waals surface area contributed by atoms with Crippen LogP contribution in [0.1, 0.15) is 30.4 Å². The Balaban J connectivity index is 2.70. The monoisotopic (exact) mass is 204 g/mol. The topological polar surface area (TPSA) is 73.8 Å². The maximum atomic E-state index is 11.1. The predicted molar refractivity (Wildman–Crippen MR) is 56.4 cm³/mol. The minimum atomic E-state index is -0.524. The molecule has 0 atom stereocenters. The van der Waals surface area contributed by atoms with Gasteiger partial charge in [-0.2, -0.15) is 5.10 Å². The molecule has 0 bridgehead atoms. The van der Waals surface area contributed by atoms with Gasteiger partial charge < -0.3 is 5.73 Å². The summed E-state index contributed by atoms with van der Waals surface area (Å²) in [6.07, 6.45) is 3.34. The molecule has 78 valence electrons. The smallest absolute Gasteiger partial charge is 0.268 e. The molecule has 0 saturated heterocycles. The quantitative estimate of drug-likeness (QED) is 0.796. The zero-order valence-corrected chi connectivity index (χ0v) is 8.64. The molecule has 2 aromatic rings. The lowest BCUT2D eigenvalue weighted by Crippen LogP contribution is -2.13. The first kappa shape index (κ1) is 9.64. The molecule has 0 fully saturated rings. The van der Waals surface area contributed by atoms with E-state index in [1.807, 2.05) is 13.8 Å². The van der Waals surface area contributed by atoms with Gasteiger partial charge in [0.15, 0.2) is 0 Å². The summed E-state index contributed by atoms with van der Waals surface area (Å²) in [5.41, 5.74) is 6.25. The molecule has 5 nitrogen and oxygen atoms in total. The van der Waals surface area contributed by atoms with E-state index in [1.54, 1.807) is 23.1 Å². The van der Waals surface area contributed by atoms with Crippen LogP contribution in [0.5, 0.6) is 0 Å². The highest BCUT2D eigenvalue weighted by molar-refractivity contribution is 6.03. The van der Waals surface area contributed by atoms with Crippen LogP contribution in [-0.4, -0.2) is 20.7 Å². The van der Waals surface area contributed by atoms with Gasteiger partial charge in [-0.25, -0.2) is 0 Å². The third-order valence-corrected chi connectivity index (χ3v) is 2.21. The Morgan fingerprint density at radius 2 is 2.27 bits per heavy atom. The molecule has 0 radical (unpaired) electrons. The van der Waals surface area contributed by atoms with Crippen LogP contribution in [0.15, 0.2) is 18.5 Å². The van der Waals surface area contributed by atoms with Crippen molar-refractivity contribution in [3.63, 3.8) is 0 Å². The average Bonchev–Trinajstić information content (AvgIpc) is 2.60. The number of carbonyl (C=O) groups is 1. The van der Waals surface area contributed by atoms with Gasteiger partial charge in [0.2, 0.25) is 0 Å². The summed E-state index contributed by atoms with van der Waals surface area (Å²) in [6.45, 7) is 4.03. The second-order valence-electron chi connectivity index (χ2n) is 3.66. The fourth-order valence-corrected chi connectivity index (χ4v) is 1.42. The van der Waals surface area contributed by atoms with E-state index in [0.29, 0.717) is 5.39 Å². The lowest BCUT2D eigenvalue weighted by molar-refractivity contribution is 0.0997. The van der Waals surface area contributed by atoms with Crippen molar-refractivity contribution in [3.8, 4) is 0 Å². The van der Waals surface area contributed by atoms with Gasteiger partial charge in [-0.3, -0.25) is 14.5 Å². The lowest BCUT2D eigenvalue weighted by Gasteiger charge is -2.02. The molecule has 0 spiro atoms. The first-order valence-electron chi connectivity index (χ1n) is 4.73. The number of fused-ring (bicyclic) bond motifs is 1. The highest BCUT2D eigenvalue weighted by Gasteiger charge is 2.11. The van der Waals surface area contributed by atoms with Crippen LogP contribution in [0.3, 0.4) is 0 Å². The largest absolute Gasteiger partial charge is 0.364 e. The van der Waals surface area contributed by atoms with Gasteiger partial charge in [0, 0.05) is 18.4 Å². The Morgan fingerprint density at radius 1 is 1.53 bits per heavy atom. The lowest BCUT2D eigenvalue weighted by atomic mass is 10.2. The van der Waals surface area contributed by atoms with E-state index in [9.17, 15) is 4.79 Å². The van der Waals surface area contributed by atoms with Crippen molar-refractivity contribution < 1.29 is 4.79 Å². The molecule has 2 aromatic heterocycles. The van der Waals surface area contributed by atoms with Gasteiger partial charge in [0.05, 0.1) is 10.9 Å². The van der Waals surface area contributed by atoms with E-state index in [1.165, 1.54) is 0 Å². The van der Waals surface area contributed by atoms with Crippen LogP contribution in [0.2, 0.25) is 0 Å². The van der Waals surface area contributed by atoms with Crippen LogP contribution >= 0.6 is 0 Å². The van der Waals surface area contributed by atoms with E-state index in [0.717, 1.165) is 5.52 Å². The fraction of sp³-hybridized carbons (Fsp3) is 0.300. The van der Waals surface area contributed by atoms with Crippen molar-refractivity contribution in [2.75, 3.05) is 0 Å². The molecule has 0 saturated carbocycles. The average molecular weight is 204 g/mol. The van der Waals surface area contributed by atoms with Crippen LogP contribution in [0, 0.1) is 0 Å². The number of amides is 1. The summed E-state index contributed by atoms with van der Waals surface area (Å²) in [5, 5.41) is 5.03. The third-order valence-electron chi connectivity index (χ3n) is 2.21. The molecule has 0 aliphatic heterocycles. The summed E-state index contributed by atoms with van der Waals surface area (Å²) in [7, 11) is 0. The van der Waals surface area contributed by atoms with Gasteiger partial charge in [-0.15, -0.1) is 0 Å². The highest BCUT2D eigenvalue weighted by Crippen LogP contribution is 2.17. The molecular weight excluding hydrogens is 192 g/mol. The normalized spacial score (nSPS) is 11.1. The van der Waals surface area contributed by atoms with E-state index in [4.69, 9.17) is 5.73 Å². The number of aromatic nitrogens is 3. The predicted octanol–water partition coefficient (Wildman–Crippen LogP) is 1.11. The van der Waals surface area contributed by atoms with Crippen LogP contribution in [0.25, 0.3) is 10.9 Å². The van der Waals surface area contributed by atoms with Gasteiger partial charge in [-0.1, -0.05) is 0 Å². The number of carbonyl (C=O) groups excluding carboxylic acids is 1. The summed E-state index contributed by atoms with van der Waals surface area (Å²) in [4.78, 5) is 15.1. The van der Waals surface area contributed by atoms with Crippen molar-refractivity contribution in [1.82, 2.24) is 14.8 Å². The molecule has 15 heavy (non-hydrogen) atoms. The first-order chi connectivity index (χ1) is 7.09. The van der Waals surface area contributed by atoms with E-state index in [2.05, 4.69) is 10.1 Å². The fourth-order valence-electron chi connectivity index (χ4n) is 1.42. The third kappa shape index (κ3) is 1.56. The molecule has 5 heteroatoms. The first-order valence-corrected chi connectivity index (χ1v) is 4.73. The second kappa shape index (κ2) is 3.34. The molecule has 0 aliphatic carbocycles. The molecule has 2 N–H and O–H groups in total. The molecule has 0 aliphatic rings. The minimum Gasteiger partial charge on any atom is -0.364 e. The maximum Gasteiger partial charge on any atom is 0.268 e. The van der Waals surface area contributed by atoms with Crippen molar-refractivity contribution >= 4 is 16.8 Å². The maximum absolute atomic E-state index is 11.1. The molecular formula is C10H12N4O. The number of nitrogens with two attached hydrogens (primary N) is 1. The van der Waals surface area contributed by atoms with E-state index < -0.39 is 5.91 Å². The minimum absolute atomic E-state index is 0.248. The second-order valence-corrected chi connectivity index (χ2v) is 3.66. The Labute approximate surface area is 86.9 Å². The Morgan fingerprint density at radius 3 is 2.87 bits per heavy atom. The van der Waals surface area contributed by atoms with Gasteiger partial charge in [-0.05, 0) is 19.9 Å². The Hall–Kier alpha value is -1.91. The van der Waals surface area contributed by atoms with Crippen molar-refractivity contribution in [2.24, 2.45) is 5.73 Å². The molecule has 2 heterocycles. The van der Waals surface area contributed by atoms with Crippen LogP contribution in [0.4, 0.5) is 0 Å². The summed E-state index contributed by atoms with van der Waals surface area (Å²) >= 11 is 0. The number of primary amides is 1. The summed E-state index contributed by atoms with van der Waals surface area (Å²) < 4.78 is 1.79. The van der Waals surface area contributed by atoms with Crippen molar-refractivity contribution in [2.45, 2.75) is 19.9 Å². The number of hydrogen-bond donors (Lipinski definition) is 1. The molecule has 1 amide bonds. The van der Waals surface area contributed by atoms with Gasteiger partial charge in [0.1, 0.15) is 5.69 Å². The Bertz CT molecular complexity index is 515. The van der Waals surface area contributed by atoms with Gasteiger partial charge >= 0.3 is 0 Å². The van der Waals surface area contributed by atoms with E-state index >= 15 is 0 Å². The molecule has 0 unspecified atom stereocenters. The van der Waals surface area contributed by atoms with Crippen LogP contribution in [-0.2, 0) is 0 Å². The van der Waals surface area contributed by atoms with E-state index in [-0.39, 0.29) is 11.7 Å². The van der Waals surface area contributed by atoms with Gasteiger partial charge in [0.25, 0.3) is 5.91 Å². The number of rotatable bonds is 2. The molecule has 2 rings (SSSR count). The highest BCUT2D eigenvalue weighted by atomic mass is 16.1. The Kier molecular flexibility index (Phi) is 2.15. The standard InChI is InChI=1S/C10H12N4O/c1-6(2)14-5-7-8(13-14)3-4-12-9(7)10(11)15/h3-6H,1-2H3,(H2,11,15). The van der Waals surface area contributed by atoms with Crippen LogP contribution < -0.4 is 5.73 Å². The zero-order valence-electron chi connectivity index (χ0n) is 8.64. The zero-order chi connectivity index (χ0) is 11.0. The summed E-state index contributed by atoms with van der Waals surface area (Å²) in [5.74, 6) is -0.524. The summed E-state index contributed by atoms with van der Waals surface area (Å²) in [6, 6.07) is 2.01. The molecule has 0 aromatic carbocycles. The SMILES string of the molecule is CC(C)n1cc2c(C(N)=O)nccc2n1. The number of pyridine rings is 1. The number of hydrogen-bond acceptors (Lipinski definition) is 3.